The Hall–Kier alpha value is -1.42. The Morgan fingerprint density at radius 1 is 1.44 bits per heavy atom. The molecule has 1 amide bonds. The highest BCUT2D eigenvalue weighted by atomic mass is 16.2. The molecule has 0 fully saturated rings. The molecule has 0 bridgehead atoms. The topological polar surface area (TPSA) is 68.0 Å². The number of hydrogen-bond acceptors (Lipinski definition) is 3. The van der Waals surface area contributed by atoms with Gasteiger partial charge >= 0.3 is 0 Å². The number of carbonyl (C=O) groups is 1. The van der Waals surface area contributed by atoms with Crippen LogP contribution in [-0.2, 0) is 11.2 Å². The third-order valence-electron chi connectivity index (χ3n) is 3.25. The molecule has 0 saturated heterocycles. The van der Waals surface area contributed by atoms with Crippen LogP contribution in [0, 0.1) is 5.92 Å². The summed E-state index contributed by atoms with van der Waals surface area (Å²) in [6.07, 6.45) is 6.36. The predicted octanol–water partition coefficient (Wildman–Crippen LogP) is 1.50. The third-order valence-corrected chi connectivity index (χ3v) is 3.25. The van der Waals surface area contributed by atoms with Gasteiger partial charge in [0.1, 0.15) is 0 Å². The van der Waals surface area contributed by atoms with Crippen LogP contribution in [0.5, 0.6) is 0 Å². The predicted molar refractivity (Wildman–Crippen MR) is 73.0 cm³/mol. The molecular weight excluding hydrogens is 226 g/mol. The van der Waals surface area contributed by atoms with Gasteiger partial charge in [-0.2, -0.15) is 0 Å². The van der Waals surface area contributed by atoms with Gasteiger partial charge in [-0.1, -0.05) is 20.3 Å². The van der Waals surface area contributed by atoms with E-state index in [0.717, 1.165) is 19.3 Å². The van der Waals surface area contributed by atoms with Crippen LogP contribution in [0.3, 0.4) is 0 Å². The summed E-state index contributed by atoms with van der Waals surface area (Å²) < 4.78 is 0. The summed E-state index contributed by atoms with van der Waals surface area (Å²) in [7, 11) is 0. The van der Waals surface area contributed by atoms with Crippen molar-refractivity contribution < 1.29 is 4.79 Å². The van der Waals surface area contributed by atoms with Crippen LogP contribution in [0.1, 0.15) is 32.3 Å². The zero-order valence-corrected chi connectivity index (χ0v) is 11.2. The monoisotopic (exact) mass is 249 g/mol. The Balaban J connectivity index is 2.20. The lowest BCUT2D eigenvalue weighted by atomic mass is 9.99. The fourth-order valence-corrected chi connectivity index (χ4v) is 1.68. The van der Waals surface area contributed by atoms with Crippen LogP contribution in [0.25, 0.3) is 0 Å². The van der Waals surface area contributed by atoms with Gasteiger partial charge in [0.15, 0.2) is 0 Å². The molecule has 0 spiro atoms. The highest BCUT2D eigenvalue weighted by Gasteiger charge is 2.18. The quantitative estimate of drug-likeness (QED) is 0.720. The standard InChI is InChI=1S/C14H23N3O/c1-3-11(2)13(15)14(18)17-8-4-5-12-6-9-16-10-7-12/h6-7,9-11,13H,3-5,8,15H2,1-2H3,(H,17,18)/t11-,13-/m0/s1. The van der Waals surface area contributed by atoms with Crippen molar-refractivity contribution in [2.45, 2.75) is 39.2 Å². The van der Waals surface area contributed by atoms with E-state index in [1.54, 1.807) is 12.4 Å². The lowest BCUT2D eigenvalue weighted by Crippen LogP contribution is -2.44. The number of nitrogens with one attached hydrogen (secondary N) is 1. The number of rotatable bonds is 7. The SMILES string of the molecule is CC[C@H](C)[C@H](N)C(=O)NCCCc1ccncc1. The van der Waals surface area contributed by atoms with E-state index in [-0.39, 0.29) is 11.8 Å². The maximum Gasteiger partial charge on any atom is 0.237 e. The van der Waals surface area contributed by atoms with Crippen molar-refractivity contribution in [2.75, 3.05) is 6.54 Å². The molecule has 100 valence electrons. The van der Waals surface area contributed by atoms with Crippen molar-refractivity contribution in [2.24, 2.45) is 11.7 Å². The molecule has 2 atom stereocenters. The largest absolute Gasteiger partial charge is 0.355 e. The molecule has 0 aliphatic carbocycles. The van der Waals surface area contributed by atoms with Crippen LogP contribution in [0.4, 0.5) is 0 Å². The van der Waals surface area contributed by atoms with Crippen molar-refractivity contribution in [1.29, 1.82) is 0 Å². The number of nitrogens with two attached hydrogens (primary N) is 1. The molecule has 18 heavy (non-hydrogen) atoms. The average Bonchev–Trinajstić information content (AvgIpc) is 2.42. The lowest BCUT2D eigenvalue weighted by Gasteiger charge is -2.17. The number of aryl methyl sites for hydroxylation is 1. The Bertz CT molecular complexity index is 353. The van der Waals surface area contributed by atoms with Crippen molar-refractivity contribution in [3.63, 3.8) is 0 Å². The van der Waals surface area contributed by atoms with Crippen LogP contribution >= 0.6 is 0 Å². The third kappa shape index (κ3) is 4.84. The molecule has 0 radical (unpaired) electrons. The highest BCUT2D eigenvalue weighted by molar-refractivity contribution is 5.81. The van der Waals surface area contributed by atoms with Gasteiger partial charge in [0.05, 0.1) is 6.04 Å². The van der Waals surface area contributed by atoms with Crippen LogP contribution in [0.2, 0.25) is 0 Å². The molecule has 1 aromatic rings. The normalized spacial score (nSPS) is 13.9. The van der Waals surface area contributed by atoms with E-state index >= 15 is 0 Å². The Labute approximate surface area is 109 Å². The molecule has 0 unspecified atom stereocenters. The summed E-state index contributed by atoms with van der Waals surface area (Å²) in [6.45, 7) is 4.72. The number of amides is 1. The molecule has 4 heteroatoms. The number of carbonyl (C=O) groups excluding carboxylic acids is 1. The van der Waals surface area contributed by atoms with Crippen molar-refractivity contribution in [3.8, 4) is 0 Å². The maximum atomic E-state index is 11.7. The van der Waals surface area contributed by atoms with Crippen molar-refractivity contribution in [3.05, 3.63) is 30.1 Å². The van der Waals surface area contributed by atoms with Crippen LogP contribution < -0.4 is 11.1 Å². The summed E-state index contributed by atoms with van der Waals surface area (Å²) in [5, 5.41) is 2.89. The lowest BCUT2D eigenvalue weighted by molar-refractivity contribution is -0.123. The molecule has 3 N–H and O–H groups in total. The Kier molecular flexibility index (Phi) is 6.36. The zero-order chi connectivity index (χ0) is 13.4. The van der Waals surface area contributed by atoms with E-state index in [1.165, 1.54) is 5.56 Å². The Morgan fingerprint density at radius 3 is 2.72 bits per heavy atom. The van der Waals surface area contributed by atoms with E-state index in [9.17, 15) is 4.79 Å². The summed E-state index contributed by atoms with van der Waals surface area (Å²) in [5.41, 5.74) is 7.09. The van der Waals surface area contributed by atoms with Crippen LogP contribution in [-0.4, -0.2) is 23.5 Å². The second-order valence-electron chi connectivity index (χ2n) is 4.66. The molecular formula is C14H23N3O. The number of pyridine rings is 1. The fraction of sp³-hybridized carbons (Fsp3) is 0.571. The van der Waals surface area contributed by atoms with Crippen molar-refractivity contribution >= 4 is 5.91 Å². The highest BCUT2D eigenvalue weighted by Crippen LogP contribution is 2.05. The smallest absolute Gasteiger partial charge is 0.237 e. The minimum Gasteiger partial charge on any atom is -0.355 e. The first-order chi connectivity index (χ1) is 8.65. The molecule has 1 aromatic heterocycles. The summed E-state index contributed by atoms with van der Waals surface area (Å²) in [6, 6.07) is 3.59. The summed E-state index contributed by atoms with van der Waals surface area (Å²) >= 11 is 0. The first-order valence-electron chi connectivity index (χ1n) is 6.57. The first kappa shape index (κ1) is 14.6. The van der Waals surface area contributed by atoms with Gasteiger partial charge in [-0.25, -0.2) is 0 Å². The minimum atomic E-state index is -0.393. The maximum absolute atomic E-state index is 11.7. The van der Waals surface area contributed by atoms with Gasteiger partial charge in [-0.05, 0) is 36.5 Å². The summed E-state index contributed by atoms with van der Waals surface area (Å²) in [4.78, 5) is 15.7. The number of hydrogen-bond donors (Lipinski definition) is 2. The van der Waals surface area contributed by atoms with Gasteiger partial charge in [-0.3, -0.25) is 9.78 Å². The molecule has 0 aliphatic heterocycles. The molecule has 4 nitrogen and oxygen atoms in total. The molecule has 0 aliphatic rings. The second-order valence-corrected chi connectivity index (χ2v) is 4.66. The average molecular weight is 249 g/mol. The Morgan fingerprint density at radius 2 is 2.11 bits per heavy atom. The van der Waals surface area contributed by atoms with Crippen LogP contribution in [0.15, 0.2) is 24.5 Å². The minimum absolute atomic E-state index is 0.0425. The van der Waals surface area contributed by atoms with E-state index in [4.69, 9.17) is 5.73 Å². The van der Waals surface area contributed by atoms with E-state index in [0.29, 0.717) is 6.54 Å². The zero-order valence-electron chi connectivity index (χ0n) is 11.2. The molecule has 0 saturated carbocycles. The molecule has 0 aromatic carbocycles. The second kappa shape index (κ2) is 7.82. The molecule has 1 rings (SSSR count). The first-order valence-corrected chi connectivity index (χ1v) is 6.57. The number of aromatic nitrogens is 1. The van der Waals surface area contributed by atoms with Gasteiger partial charge in [0, 0.05) is 18.9 Å². The number of nitrogens with zero attached hydrogens (tertiary/aromatic N) is 1. The summed E-state index contributed by atoms with van der Waals surface area (Å²) in [5.74, 6) is 0.185. The van der Waals surface area contributed by atoms with Gasteiger partial charge in [0.2, 0.25) is 5.91 Å². The fourth-order valence-electron chi connectivity index (χ4n) is 1.68. The van der Waals surface area contributed by atoms with E-state index in [1.807, 2.05) is 26.0 Å². The van der Waals surface area contributed by atoms with Gasteiger partial charge < -0.3 is 11.1 Å². The van der Waals surface area contributed by atoms with Crippen molar-refractivity contribution in [1.82, 2.24) is 10.3 Å². The molecule has 1 heterocycles. The van der Waals surface area contributed by atoms with Gasteiger partial charge in [0.25, 0.3) is 0 Å². The van der Waals surface area contributed by atoms with Gasteiger partial charge in [-0.15, -0.1) is 0 Å². The van der Waals surface area contributed by atoms with E-state index < -0.39 is 6.04 Å². The van der Waals surface area contributed by atoms with E-state index in [2.05, 4.69) is 10.3 Å².